The third-order valence-electron chi connectivity index (χ3n) is 22.4. The van der Waals surface area contributed by atoms with Crippen molar-refractivity contribution in [2.24, 2.45) is 0 Å². The van der Waals surface area contributed by atoms with Crippen LogP contribution in [0.1, 0.15) is 75.8 Å². The van der Waals surface area contributed by atoms with Crippen molar-refractivity contribution in [3.05, 3.63) is 287 Å². The van der Waals surface area contributed by atoms with E-state index in [-0.39, 0.29) is 86.1 Å². The Kier molecular flexibility index (Phi) is 27.0. The molecular weight excluding hydrogens is 1500 g/mol. The first-order chi connectivity index (χ1) is 56.4. The summed E-state index contributed by atoms with van der Waals surface area (Å²) in [5.74, 6) is -3.40. The number of nitrogens with zero attached hydrogens (tertiary/aromatic N) is 6. The van der Waals surface area contributed by atoms with Crippen LogP contribution in [0.4, 0.5) is 10.5 Å². The van der Waals surface area contributed by atoms with Gasteiger partial charge in [0, 0.05) is 115 Å². The second-order valence-corrected chi connectivity index (χ2v) is 32.0. The van der Waals surface area contributed by atoms with E-state index in [2.05, 4.69) is 31.8 Å². The van der Waals surface area contributed by atoms with Gasteiger partial charge in [-0.25, -0.2) is 13.2 Å². The molecule has 0 saturated carbocycles. The van der Waals surface area contributed by atoms with Crippen LogP contribution in [0.2, 0.25) is 0 Å². The van der Waals surface area contributed by atoms with Crippen molar-refractivity contribution in [1.29, 1.82) is 0 Å². The van der Waals surface area contributed by atoms with Crippen LogP contribution >= 0.6 is 0 Å². The van der Waals surface area contributed by atoms with Gasteiger partial charge in [0.05, 0.1) is 17.9 Å². The molecule has 0 radical (unpaired) electrons. The first kappa shape index (κ1) is 83.6. The number of benzene rings is 11. The summed E-state index contributed by atoms with van der Waals surface area (Å²) in [4.78, 5) is 84.8. The summed E-state index contributed by atoms with van der Waals surface area (Å²) >= 11 is 0. The Labute approximate surface area is 682 Å². The van der Waals surface area contributed by atoms with Crippen LogP contribution in [-0.4, -0.2) is 199 Å². The Balaban J connectivity index is 0.820. The highest BCUT2D eigenvalue weighted by Crippen LogP contribution is 2.45. The number of nitrogens with one attached hydrogen (secondary N) is 3. The van der Waals surface area contributed by atoms with Gasteiger partial charge in [-0.15, -0.1) is 0 Å². The third-order valence-corrected chi connectivity index (χ3v) is 24.3. The molecule has 1 aliphatic carbocycles. The van der Waals surface area contributed by atoms with Crippen LogP contribution in [0.25, 0.3) is 49.5 Å². The maximum absolute atomic E-state index is 15.9. The van der Waals surface area contributed by atoms with E-state index in [0.717, 1.165) is 75.3 Å². The first-order valence-electron chi connectivity index (χ1n) is 39.2. The zero-order valence-corrected chi connectivity index (χ0v) is 66.9. The van der Waals surface area contributed by atoms with Crippen molar-refractivity contribution in [3.8, 4) is 11.1 Å². The van der Waals surface area contributed by atoms with Crippen molar-refractivity contribution < 1.29 is 67.3 Å². The highest BCUT2D eigenvalue weighted by Gasteiger charge is 2.44. The fraction of sp³-hybridized carbons (Fsp3) is 0.256. The Hall–Kier alpha value is -11.3. The number of likely N-dealkylation sites (N-methyl/N-ethyl adjacent to an activating group) is 1. The summed E-state index contributed by atoms with van der Waals surface area (Å²) in [6.07, 6.45) is 2.21. The van der Waals surface area contributed by atoms with E-state index in [1.807, 2.05) is 166 Å². The molecule has 600 valence electrons. The van der Waals surface area contributed by atoms with E-state index < -0.39 is 98.7 Å². The number of amides is 5. The summed E-state index contributed by atoms with van der Waals surface area (Å²) < 4.78 is 38.6. The van der Waals surface area contributed by atoms with Gasteiger partial charge in [-0.2, -0.15) is 4.31 Å². The number of hydrogen-bond acceptors (Lipinski definition) is 17. The minimum Gasteiger partial charge on any atom is -0.448 e. The van der Waals surface area contributed by atoms with E-state index in [1.54, 1.807) is 84.9 Å². The fourth-order valence-corrected chi connectivity index (χ4v) is 18.0. The Morgan fingerprint density at radius 1 is 0.564 bits per heavy atom. The molecule has 1 heterocycles. The first-order valence-corrected chi connectivity index (χ1v) is 40.7. The molecule has 9 N–H and O–H groups in total. The molecule has 1 saturated heterocycles. The Morgan fingerprint density at radius 3 is 1.69 bits per heavy atom. The van der Waals surface area contributed by atoms with Gasteiger partial charge >= 0.3 is 27.4 Å². The minimum absolute atomic E-state index is 0.0230. The van der Waals surface area contributed by atoms with Gasteiger partial charge in [0.25, 0.3) is 0 Å². The molecule has 11 aromatic carbocycles. The van der Waals surface area contributed by atoms with Crippen LogP contribution in [0.5, 0.6) is 0 Å². The van der Waals surface area contributed by atoms with Crippen molar-refractivity contribution >= 4 is 122 Å². The van der Waals surface area contributed by atoms with E-state index in [0.29, 0.717) is 46.1 Å². The number of allylic oxidation sites excluding steroid dienone is 1. The second kappa shape index (κ2) is 37.7. The molecule has 2 aliphatic rings. The Bertz CT molecular complexity index is 5570. The predicted molar refractivity (Wildman–Crippen MR) is 460 cm³/mol. The Morgan fingerprint density at radius 2 is 1.07 bits per heavy atom. The summed E-state index contributed by atoms with van der Waals surface area (Å²) in [6.45, 7) is 3.56. The van der Waals surface area contributed by atoms with Crippen LogP contribution in [-0.2, 0) is 66.7 Å². The van der Waals surface area contributed by atoms with Crippen LogP contribution in [0, 0.1) is 6.92 Å². The van der Waals surface area contributed by atoms with Crippen molar-refractivity contribution in [2.75, 3.05) is 71.9 Å². The van der Waals surface area contributed by atoms with Crippen molar-refractivity contribution in [1.82, 2.24) is 39.9 Å². The lowest BCUT2D eigenvalue weighted by Gasteiger charge is -2.29. The average molecular weight is 1590 g/mol. The highest BCUT2D eigenvalue weighted by atomic mass is 32.2. The van der Waals surface area contributed by atoms with Gasteiger partial charge in [-0.05, 0) is 138 Å². The SMILES string of the molecule is CC=Cc1cc2ccccc2c(CN(CCNC(=O)C2CC(NC(=O)C(CC(=O)NCCN(Cc3ccccc3B(O)O)Cc3cccc4ccccc34)N(C)C(=O)OCC3c4ccccc4-c4ccccc43)CN2C(=O)CN(Cc2ccccc2B(O)O)S(=O)(=O)c2cccc3c(N(C)C)cccc23)Cc2ccccc2B(O)O)c1C. The summed E-state index contributed by atoms with van der Waals surface area (Å²) in [5.41, 5.74) is 10.5. The molecule has 117 heavy (non-hydrogen) atoms. The highest BCUT2D eigenvalue weighted by molar-refractivity contribution is 7.89. The lowest BCUT2D eigenvalue weighted by Crippen LogP contribution is -2.53. The molecule has 3 unspecified atom stereocenters. The maximum atomic E-state index is 15.9. The molecule has 27 heteroatoms. The summed E-state index contributed by atoms with van der Waals surface area (Å²) in [5, 5.41) is 77.7. The van der Waals surface area contributed by atoms with Gasteiger partial charge in [-0.3, -0.25) is 33.9 Å². The van der Waals surface area contributed by atoms with E-state index in [4.69, 9.17) is 4.74 Å². The number of likely N-dealkylation sites (tertiary alicyclic amines) is 1. The molecule has 0 bridgehead atoms. The monoisotopic (exact) mass is 1590 g/mol. The number of rotatable bonds is 33. The van der Waals surface area contributed by atoms with E-state index in [1.165, 1.54) is 30.1 Å². The molecule has 11 aromatic rings. The van der Waals surface area contributed by atoms with Gasteiger partial charge < -0.3 is 60.6 Å². The molecule has 1 aliphatic heterocycles. The number of fused-ring (bicyclic) bond motifs is 6. The topological polar surface area (TPSA) is 306 Å². The van der Waals surface area contributed by atoms with Gasteiger partial charge in [0.15, 0.2) is 0 Å². The molecular formula is C90H96B3N9O14S. The molecule has 13 rings (SSSR count). The molecule has 5 amide bonds. The standard InChI is InChI=1S/C90H96B3N9O14S/c1-6-24-62-49-63-26-8-13-33-70(63)77(60(62)2)57-100(54-66-28-10-19-41-80(66)92(110)111)48-46-95-88(105)84-50-68(56-102(84)87(104)58-101(55-67-29-11-20-42-81(67)93(112)113)117(114,115)85-44-23-38-75-76(85)39-22-43-82(75)97(3)4)96-89(106)83(98(5)90(107)116-59-78-73-36-16-14-34-71(73)72-35-15-17-37-74(72)78)51-86(103)94-45-47-99(53-65-27-9-18-40-79(65)91(108)109)52-64-31-21-30-61-25-7-12-32-69(61)64/h6-44,49,68,78,83-84,108-113H,45-48,50-59H2,1-5H3,(H,94,103)(H,95,105)(H,96,106). The summed E-state index contributed by atoms with van der Waals surface area (Å²) in [7, 11) is -5.36. The van der Waals surface area contributed by atoms with Gasteiger partial charge in [0.2, 0.25) is 33.7 Å². The normalized spacial score (nSPS) is 14.3. The van der Waals surface area contributed by atoms with E-state index >= 15 is 22.8 Å². The van der Waals surface area contributed by atoms with Gasteiger partial charge in [-0.1, -0.05) is 224 Å². The predicted octanol–water partition coefficient (Wildman–Crippen LogP) is 7.15. The number of ether oxygens (including phenoxy) is 1. The average Bonchev–Trinajstić information content (AvgIpc) is 1.72. The van der Waals surface area contributed by atoms with Crippen LogP contribution in [0.15, 0.2) is 241 Å². The lowest BCUT2D eigenvalue weighted by atomic mass is 9.77. The quantitative estimate of drug-likeness (QED) is 0.0185. The largest absolute Gasteiger partial charge is 0.488 e. The maximum Gasteiger partial charge on any atom is 0.488 e. The smallest absolute Gasteiger partial charge is 0.448 e. The van der Waals surface area contributed by atoms with Crippen LogP contribution < -0.4 is 37.2 Å². The van der Waals surface area contributed by atoms with Crippen molar-refractivity contribution in [3.63, 3.8) is 0 Å². The van der Waals surface area contributed by atoms with E-state index in [9.17, 15) is 39.7 Å². The minimum atomic E-state index is -4.76. The summed E-state index contributed by atoms with van der Waals surface area (Å²) in [6, 6.07) is 65.7. The van der Waals surface area contributed by atoms with Gasteiger partial charge in [0.1, 0.15) is 18.7 Å². The lowest BCUT2D eigenvalue weighted by molar-refractivity contribution is -0.138. The second-order valence-electron chi connectivity index (χ2n) is 30.1. The fourth-order valence-electron chi connectivity index (χ4n) is 16.4. The van der Waals surface area contributed by atoms with Crippen LogP contribution in [0.3, 0.4) is 0 Å². The number of hydrogen-bond donors (Lipinski definition) is 9. The molecule has 3 atom stereocenters. The molecule has 23 nitrogen and oxygen atoms in total. The number of sulfonamides is 1. The van der Waals surface area contributed by atoms with Crippen molar-refractivity contribution in [2.45, 2.75) is 88.4 Å². The molecule has 0 aromatic heterocycles. The number of carbonyl (C=O) groups is 5. The zero-order valence-electron chi connectivity index (χ0n) is 66.1. The molecule has 0 spiro atoms. The third kappa shape index (κ3) is 19.2. The number of carbonyl (C=O) groups excluding carboxylic acids is 5. The molecule has 1 fully saturated rings. The number of anilines is 1. The zero-order chi connectivity index (χ0) is 82.6.